The number of carbonyl (C=O) groups excluding carboxylic acids is 1. The monoisotopic (exact) mass is 262 g/mol. The number of rotatable bonds is 2. The lowest BCUT2D eigenvalue weighted by molar-refractivity contribution is -0.134. The molecule has 1 aromatic heterocycles. The van der Waals surface area contributed by atoms with E-state index >= 15 is 0 Å². The van der Waals surface area contributed by atoms with E-state index in [4.69, 9.17) is 0 Å². The molecule has 1 amide bonds. The van der Waals surface area contributed by atoms with Crippen molar-refractivity contribution in [1.29, 1.82) is 0 Å². The Morgan fingerprint density at radius 1 is 1.37 bits per heavy atom. The minimum atomic E-state index is 0.229. The Labute approximate surface area is 114 Å². The summed E-state index contributed by atoms with van der Waals surface area (Å²) in [5, 5.41) is 0. The van der Waals surface area contributed by atoms with Crippen LogP contribution in [0.4, 0.5) is 0 Å². The van der Waals surface area contributed by atoms with Gasteiger partial charge in [-0.05, 0) is 33.2 Å². The molecule has 2 aliphatic heterocycles. The van der Waals surface area contributed by atoms with Crippen molar-refractivity contribution in [3.63, 3.8) is 0 Å². The molecule has 0 saturated carbocycles. The third-order valence-electron chi connectivity index (χ3n) is 4.59. The molecule has 1 atom stereocenters. The molecule has 0 bridgehead atoms. The van der Waals surface area contributed by atoms with E-state index in [9.17, 15) is 4.79 Å². The fourth-order valence-corrected chi connectivity index (χ4v) is 3.17. The Bertz CT molecular complexity index is 482. The van der Waals surface area contributed by atoms with E-state index in [0.717, 1.165) is 31.0 Å². The van der Waals surface area contributed by atoms with Crippen molar-refractivity contribution in [2.75, 3.05) is 26.2 Å². The Morgan fingerprint density at radius 3 is 2.95 bits per heavy atom. The number of fused-ring (bicyclic) bond motifs is 1. The molecule has 2 fully saturated rings. The molecule has 1 aromatic rings. The summed E-state index contributed by atoms with van der Waals surface area (Å²) in [5.41, 5.74) is 2.10. The molecule has 5 nitrogen and oxygen atoms in total. The lowest BCUT2D eigenvalue weighted by Gasteiger charge is -2.37. The predicted octanol–water partition coefficient (Wildman–Crippen LogP) is 0.807. The molecule has 2 saturated heterocycles. The van der Waals surface area contributed by atoms with Gasteiger partial charge in [0.2, 0.25) is 5.91 Å². The average Bonchev–Trinajstić information content (AvgIpc) is 2.99. The first-order valence-electron chi connectivity index (χ1n) is 7.15. The largest absolute Gasteiger partial charge is 0.338 e. The van der Waals surface area contributed by atoms with Crippen molar-refractivity contribution in [2.45, 2.75) is 39.3 Å². The van der Waals surface area contributed by atoms with Crippen molar-refractivity contribution >= 4 is 5.91 Å². The quantitative estimate of drug-likeness (QED) is 0.792. The van der Waals surface area contributed by atoms with E-state index in [1.54, 1.807) is 6.33 Å². The third kappa shape index (κ3) is 2.39. The number of piperazine rings is 1. The van der Waals surface area contributed by atoms with E-state index in [1.165, 1.54) is 19.4 Å². The average molecular weight is 262 g/mol. The predicted molar refractivity (Wildman–Crippen MR) is 72.9 cm³/mol. The summed E-state index contributed by atoms with van der Waals surface area (Å²) in [7, 11) is 0. The summed E-state index contributed by atoms with van der Waals surface area (Å²) in [5.74, 6) is 0.229. The molecule has 19 heavy (non-hydrogen) atoms. The van der Waals surface area contributed by atoms with Gasteiger partial charge in [0.05, 0.1) is 12.0 Å². The molecule has 5 heteroatoms. The zero-order valence-corrected chi connectivity index (χ0v) is 11.8. The van der Waals surface area contributed by atoms with E-state index in [1.807, 2.05) is 23.3 Å². The highest BCUT2D eigenvalue weighted by atomic mass is 16.2. The Hall–Kier alpha value is -1.36. The maximum absolute atomic E-state index is 12.4. The second kappa shape index (κ2) is 4.96. The summed E-state index contributed by atoms with van der Waals surface area (Å²) in [6.45, 7) is 8.47. The number of nitrogens with zero attached hydrogens (tertiary/aromatic N) is 4. The standard InChI is InChI=1S/C14H22N4O/c1-11-12(2)18(10-15-11)9-14(19)17-7-6-16-5-3-4-13(16)8-17/h10,13H,3-9H2,1-2H3. The maximum atomic E-state index is 12.4. The normalized spacial score (nSPS) is 23.7. The van der Waals surface area contributed by atoms with Gasteiger partial charge in [-0.15, -0.1) is 0 Å². The van der Waals surface area contributed by atoms with Crippen molar-refractivity contribution in [3.8, 4) is 0 Å². The molecule has 104 valence electrons. The second-order valence-electron chi connectivity index (χ2n) is 5.72. The smallest absolute Gasteiger partial charge is 0.242 e. The van der Waals surface area contributed by atoms with Crippen molar-refractivity contribution < 1.29 is 4.79 Å². The second-order valence-corrected chi connectivity index (χ2v) is 5.72. The number of amides is 1. The van der Waals surface area contributed by atoms with Gasteiger partial charge in [-0.2, -0.15) is 0 Å². The van der Waals surface area contributed by atoms with Crippen molar-refractivity contribution in [1.82, 2.24) is 19.4 Å². The molecule has 0 aliphatic carbocycles. The molecular weight excluding hydrogens is 240 g/mol. The Balaban J connectivity index is 1.63. The summed E-state index contributed by atoms with van der Waals surface area (Å²) in [6, 6.07) is 0.600. The van der Waals surface area contributed by atoms with Gasteiger partial charge in [0.15, 0.2) is 0 Å². The number of imidazole rings is 1. The van der Waals surface area contributed by atoms with E-state index in [-0.39, 0.29) is 5.91 Å². The van der Waals surface area contributed by atoms with Crippen LogP contribution in [0.1, 0.15) is 24.2 Å². The fourth-order valence-electron chi connectivity index (χ4n) is 3.17. The van der Waals surface area contributed by atoms with Gasteiger partial charge in [0, 0.05) is 31.4 Å². The Kier molecular flexibility index (Phi) is 3.31. The minimum absolute atomic E-state index is 0.229. The molecule has 3 heterocycles. The summed E-state index contributed by atoms with van der Waals surface area (Å²) in [4.78, 5) is 21.2. The van der Waals surface area contributed by atoms with Crippen LogP contribution in [0, 0.1) is 13.8 Å². The number of carbonyl (C=O) groups is 1. The topological polar surface area (TPSA) is 41.4 Å². The zero-order valence-electron chi connectivity index (χ0n) is 11.8. The van der Waals surface area contributed by atoms with Gasteiger partial charge in [0.25, 0.3) is 0 Å². The fraction of sp³-hybridized carbons (Fsp3) is 0.714. The van der Waals surface area contributed by atoms with Gasteiger partial charge in [0.1, 0.15) is 6.54 Å². The summed E-state index contributed by atoms with van der Waals surface area (Å²) >= 11 is 0. The molecule has 0 radical (unpaired) electrons. The molecule has 3 rings (SSSR count). The lowest BCUT2D eigenvalue weighted by Crippen LogP contribution is -2.52. The van der Waals surface area contributed by atoms with Crippen molar-refractivity contribution in [3.05, 3.63) is 17.7 Å². The molecule has 1 unspecified atom stereocenters. The van der Waals surface area contributed by atoms with Gasteiger partial charge >= 0.3 is 0 Å². The summed E-state index contributed by atoms with van der Waals surface area (Å²) < 4.78 is 1.96. The van der Waals surface area contributed by atoms with Gasteiger partial charge < -0.3 is 9.47 Å². The molecule has 0 N–H and O–H groups in total. The van der Waals surface area contributed by atoms with Gasteiger partial charge in [-0.25, -0.2) is 4.98 Å². The number of hydrogen-bond acceptors (Lipinski definition) is 3. The first-order valence-corrected chi connectivity index (χ1v) is 7.15. The molecule has 0 aromatic carbocycles. The summed E-state index contributed by atoms with van der Waals surface area (Å²) in [6.07, 6.45) is 4.30. The van der Waals surface area contributed by atoms with Gasteiger partial charge in [-0.1, -0.05) is 0 Å². The van der Waals surface area contributed by atoms with Gasteiger partial charge in [-0.3, -0.25) is 9.69 Å². The van der Waals surface area contributed by atoms with Crippen LogP contribution in [-0.2, 0) is 11.3 Å². The van der Waals surface area contributed by atoms with Crippen LogP contribution in [0.3, 0.4) is 0 Å². The zero-order chi connectivity index (χ0) is 13.4. The first kappa shape index (κ1) is 12.7. The van der Waals surface area contributed by atoms with E-state index in [0.29, 0.717) is 12.6 Å². The number of aromatic nitrogens is 2. The van der Waals surface area contributed by atoms with E-state index in [2.05, 4.69) is 9.88 Å². The van der Waals surface area contributed by atoms with Crippen LogP contribution in [-0.4, -0.2) is 57.5 Å². The Morgan fingerprint density at radius 2 is 2.21 bits per heavy atom. The van der Waals surface area contributed by atoms with Crippen LogP contribution in [0.2, 0.25) is 0 Å². The minimum Gasteiger partial charge on any atom is -0.338 e. The molecule has 0 spiro atoms. The highest BCUT2D eigenvalue weighted by molar-refractivity contribution is 5.76. The molecular formula is C14H22N4O. The molecule has 2 aliphatic rings. The van der Waals surface area contributed by atoms with Crippen LogP contribution >= 0.6 is 0 Å². The highest BCUT2D eigenvalue weighted by Gasteiger charge is 2.32. The lowest BCUT2D eigenvalue weighted by atomic mass is 10.1. The SMILES string of the molecule is Cc1ncn(CC(=O)N2CCN3CCCC3C2)c1C. The first-order chi connectivity index (χ1) is 9.15. The van der Waals surface area contributed by atoms with Crippen molar-refractivity contribution in [2.24, 2.45) is 0 Å². The highest BCUT2D eigenvalue weighted by Crippen LogP contribution is 2.21. The number of aryl methyl sites for hydroxylation is 1. The third-order valence-corrected chi connectivity index (χ3v) is 4.59. The van der Waals surface area contributed by atoms with Crippen LogP contribution in [0.5, 0.6) is 0 Å². The van der Waals surface area contributed by atoms with Crippen LogP contribution < -0.4 is 0 Å². The number of hydrogen-bond donors (Lipinski definition) is 0. The van der Waals surface area contributed by atoms with E-state index < -0.39 is 0 Å². The maximum Gasteiger partial charge on any atom is 0.242 e. The van der Waals surface area contributed by atoms with Crippen LogP contribution in [0.15, 0.2) is 6.33 Å². The van der Waals surface area contributed by atoms with Crippen LogP contribution in [0.25, 0.3) is 0 Å².